The van der Waals surface area contributed by atoms with E-state index in [1.165, 1.54) is 23.1 Å². The first-order valence-corrected chi connectivity index (χ1v) is 12.8. The molecule has 5 rings (SSSR count). The lowest BCUT2D eigenvalue weighted by Gasteiger charge is -2.23. The van der Waals surface area contributed by atoms with Crippen LogP contribution >= 0.6 is 0 Å². The molecule has 0 amide bonds. The van der Waals surface area contributed by atoms with Gasteiger partial charge in [-0.05, 0) is 74.8 Å². The molecule has 184 valence electrons. The summed E-state index contributed by atoms with van der Waals surface area (Å²) in [5.41, 5.74) is 6.26. The maximum absolute atomic E-state index is 9.56. The van der Waals surface area contributed by atoms with Crippen LogP contribution in [0.4, 0.5) is 0 Å². The van der Waals surface area contributed by atoms with E-state index in [1.54, 1.807) is 12.1 Å². The summed E-state index contributed by atoms with van der Waals surface area (Å²) in [4.78, 5) is 4.69. The highest BCUT2D eigenvalue weighted by Gasteiger charge is 2.27. The van der Waals surface area contributed by atoms with Gasteiger partial charge in [-0.15, -0.1) is 0 Å². The molecule has 1 aromatic heterocycles. The number of nitrogens with one attached hydrogen (secondary N) is 1. The summed E-state index contributed by atoms with van der Waals surface area (Å²) in [5.74, 6) is 2.17. The molecule has 36 heavy (non-hydrogen) atoms. The number of nitriles is 1. The van der Waals surface area contributed by atoms with Crippen molar-refractivity contribution in [3.05, 3.63) is 76.9 Å². The third-order valence-corrected chi connectivity index (χ3v) is 7.08. The highest BCUT2D eigenvalue weighted by atomic mass is 16.5. The van der Waals surface area contributed by atoms with Gasteiger partial charge in [0.25, 0.3) is 5.89 Å². The van der Waals surface area contributed by atoms with Crippen molar-refractivity contribution in [3.63, 3.8) is 0 Å². The zero-order valence-corrected chi connectivity index (χ0v) is 21.1. The normalized spacial score (nSPS) is 18.7. The summed E-state index contributed by atoms with van der Waals surface area (Å²) < 4.78 is 11.4. The van der Waals surface area contributed by atoms with E-state index in [2.05, 4.69) is 59.9 Å². The van der Waals surface area contributed by atoms with Crippen LogP contribution in [0.3, 0.4) is 0 Å². The highest BCUT2D eigenvalue weighted by Crippen LogP contribution is 2.38. The Morgan fingerprint density at radius 2 is 2.14 bits per heavy atom. The fourth-order valence-electron chi connectivity index (χ4n) is 5.23. The second-order valence-electron chi connectivity index (χ2n) is 9.77. The number of hydrogen-bond donors (Lipinski definition) is 1. The molecule has 2 unspecified atom stereocenters. The van der Waals surface area contributed by atoms with E-state index in [1.807, 2.05) is 19.9 Å². The summed E-state index contributed by atoms with van der Waals surface area (Å²) in [6, 6.07) is 14.3. The molecule has 0 radical (unpaired) electrons. The largest absolute Gasteiger partial charge is 0.490 e. The van der Waals surface area contributed by atoms with Crippen molar-refractivity contribution < 1.29 is 9.26 Å². The van der Waals surface area contributed by atoms with Crippen LogP contribution in [0.2, 0.25) is 0 Å². The lowest BCUT2D eigenvalue weighted by Crippen LogP contribution is -2.25. The Labute approximate surface area is 212 Å². The van der Waals surface area contributed by atoms with E-state index >= 15 is 0 Å². The van der Waals surface area contributed by atoms with Gasteiger partial charge in [0.1, 0.15) is 11.8 Å². The number of nitrogens with zero attached hydrogens (tertiary/aromatic N) is 3. The molecule has 6 heteroatoms. The average molecular weight is 481 g/mol. The number of aromatic nitrogens is 2. The zero-order chi connectivity index (χ0) is 25.1. The van der Waals surface area contributed by atoms with E-state index in [0.717, 1.165) is 31.4 Å². The molecule has 0 saturated carbocycles. The van der Waals surface area contributed by atoms with Gasteiger partial charge >= 0.3 is 0 Å². The first kappa shape index (κ1) is 24.0. The number of benzene rings is 2. The molecule has 1 heterocycles. The summed E-state index contributed by atoms with van der Waals surface area (Å²) in [6.07, 6.45) is 11.1. The van der Waals surface area contributed by atoms with Crippen LogP contribution in [0.5, 0.6) is 5.75 Å². The summed E-state index contributed by atoms with van der Waals surface area (Å²) in [5, 5.41) is 17.7. The standard InChI is InChI=1S/C30H32N4O2/c1-4-20-8-5-6-9-22(20)18-32-27-14-13-24-25(27)10-7-11-26(24)29-33-30(36-34-29)21-12-15-28(35-19(2)3)23(16-21)17-31/h5-7,9-12,15-16,19-20,27,32H,4,8,13-14,18H2,1-3H3. The Kier molecular flexibility index (Phi) is 7.02. The number of fused-ring (bicyclic) bond motifs is 1. The minimum atomic E-state index is -0.0132. The minimum Gasteiger partial charge on any atom is -0.490 e. The lowest BCUT2D eigenvalue weighted by atomic mass is 9.89. The van der Waals surface area contributed by atoms with Crippen molar-refractivity contribution in [1.29, 1.82) is 5.26 Å². The third-order valence-electron chi connectivity index (χ3n) is 7.08. The average Bonchev–Trinajstić information content (AvgIpc) is 3.55. The van der Waals surface area contributed by atoms with Crippen LogP contribution in [0.25, 0.3) is 22.8 Å². The fourth-order valence-corrected chi connectivity index (χ4v) is 5.23. The molecule has 1 N–H and O–H groups in total. The molecule has 0 aliphatic heterocycles. The van der Waals surface area contributed by atoms with Gasteiger partial charge in [-0.2, -0.15) is 10.2 Å². The number of ether oxygens (including phenoxy) is 1. The Balaban J connectivity index is 1.36. The van der Waals surface area contributed by atoms with Crippen molar-refractivity contribution in [2.45, 2.75) is 58.6 Å². The fraction of sp³-hybridized carbons (Fsp3) is 0.367. The Bertz CT molecular complexity index is 1350. The molecule has 2 aromatic carbocycles. The van der Waals surface area contributed by atoms with E-state index < -0.39 is 0 Å². The van der Waals surface area contributed by atoms with Crippen LogP contribution in [0.1, 0.15) is 62.8 Å². The van der Waals surface area contributed by atoms with E-state index in [9.17, 15) is 5.26 Å². The van der Waals surface area contributed by atoms with Crippen LogP contribution in [-0.2, 0) is 6.42 Å². The van der Waals surface area contributed by atoms with Crippen molar-refractivity contribution in [2.75, 3.05) is 6.54 Å². The molecule has 0 fully saturated rings. The van der Waals surface area contributed by atoms with Gasteiger partial charge in [0.05, 0.1) is 11.7 Å². The molecular formula is C30H32N4O2. The highest BCUT2D eigenvalue weighted by molar-refractivity contribution is 5.67. The number of rotatable bonds is 8. The first-order valence-electron chi connectivity index (χ1n) is 12.8. The Hall–Kier alpha value is -3.69. The Morgan fingerprint density at radius 3 is 2.94 bits per heavy atom. The topological polar surface area (TPSA) is 84.0 Å². The quantitative estimate of drug-likeness (QED) is 0.393. The van der Waals surface area contributed by atoms with Crippen molar-refractivity contribution in [3.8, 4) is 34.7 Å². The van der Waals surface area contributed by atoms with Crippen molar-refractivity contribution in [1.82, 2.24) is 15.5 Å². The third kappa shape index (κ3) is 4.84. The van der Waals surface area contributed by atoms with Gasteiger partial charge in [-0.3, -0.25) is 0 Å². The molecule has 6 nitrogen and oxygen atoms in total. The first-order chi connectivity index (χ1) is 17.6. The SMILES string of the molecule is CCC1CC=CC=C1CNC1CCc2c(-c3noc(-c4ccc(OC(C)C)c(C#N)c4)n3)cccc21. The smallest absolute Gasteiger partial charge is 0.258 e. The predicted molar refractivity (Wildman–Crippen MR) is 140 cm³/mol. The maximum atomic E-state index is 9.56. The molecule has 0 bridgehead atoms. The molecule has 3 aromatic rings. The van der Waals surface area contributed by atoms with Gasteiger partial charge in [-0.25, -0.2) is 0 Å². The monoisotopic (exact) mass is 480 g/mol. The summed E-state index contributed by atoms with van der Waals surface area (Å²) in [7, 11) is 0. The number of hydrogen-bond acceptors (Lipinski definition) is 6. The zero-order valence-electron chi connectivity index (χ0n) is 21.1. The molecule has 0 spiro atoms. The van der Waals surface area contributed by atoms with Gasteiger partial charge in [0.15, 0.2) is 0 Å². The Morgan fingerprint density at radius 1 is 1.25 bits per heavy atom. The van der Waals surface area contributed by atoms with Crippen molar-refractivity contribution >= 4 is 0 Å². The van der Waals surface area contributed by atoms with Crippen LogP contribution in [0.15, 0.2) is 64.7 Å². The predicted octanol–water partition coefficient (Wildman–Crippen LogP) is 6.55. The second-order valence-corrected chi connectivity index (χ2v) is 9.77. The summed E-state index contributed by atoms with van der Waals surface area (Å²) >= 11 is 0. The van der Waals surface area contributed by atoms with E-state index in [4.69, 9.17) is 14.2 Å². The molecule has 2 atom stereocenters. The van der Waals surface area contributed by atoms with Gasteiger partial charge in [0.2, 0.25) is 5.82 Å². The van der Waals surface area contributed by atoms with E-state index in [-0.39, 0.29) is 6.10 Å². The van der Waals surface area contributed by atoms with Crippen LogP contribution in [-0.4, -0.2) is 22.8 Å². The van der Waals surface area contributed by atoms with Gasteiger partial charge < -0.3 is 14.6 Å². The lowest BCUT2D eigenvalue weighted by molar-refractivity contribution is 0.241. The maximum Gasteiger partial charge on any atom is 0.258 e. The van der Waals surface area contributed by atoms with E-state index in [0.29, 0.717) is 40.6 Å². The van der Waals surface area contributed by atoms with Crippen LogP contribution in [0, 0.1) is 17.2 Å². The van der Waals surface area contributed by atoms with Crippen molar-refractivity contribution in [2.24, 2.45) is 5.92 Å². The minimum absolute atomic E-state index is 0.0132. The second kappa shape index (κ2) is 10.5. The van der Waals surface area contributed by atoms with Gasteiger partial charge in [0, 0.05) is 23.7 Å². The number of allylic oxidation sites excluding steroid dienone is 3. The van der Waals surface area contributed by atoms with Gasteiger partial charge in [-0.1, -0.05) is 54.1 Å². The molecule has 2 aliphatic carbocycles. The molecular weight excluding hydrogens is 448 g/mol. The van der Waals surface area contributed by atoms with Crippen LogP contribution < -0.4 is 10.1 Å². The molecule has 2 aliphatic rings. The summed E-state index contributed by atoms with van der Waals surface area (Å²) in [6.45, 7) is 7.05. The molecule has 0 saturated heterocycles.